The molecule has 1 unspecified atom stereocenters. The Morgan fingerprint density at radius 1 is 1.45 bits per heavy atom. The molecule has 4 nitrogen and oxygen atoms in total. The van der Waals surface area contributed by atoms with Gasteiger partial charge in [0.05, 0.1) is 7.11 Å². The molecule has 2 aromatic rings. The minimum atomic E-state index is -0.344. The predicted octanol–water partition coefficient (Wildman–Crippen LogP) is 2.46. The number of methoxy groups -OCH3 is 1. The van der Waals surface area contributed by atoms with E-state index in [1.165, 1.54) is 13.2 Å². The second kappa shape index (κ2) is 6.52. The Hall–Kier alpha value is -1.88. The molecule has 0 amide bonds. The molecule has 1 aromatic heterocycles. The maximum Gasteiger partial charge on any atom is 0.165 e. The highest BCUT2D eigenvalue weighted by atomic mass is 19.1. The van der Waals surface area contributed by atoms with E-state index in [9.17, 15) is 4.39 Å². The third-order valence-corrected chi connectivity index (χ3v) is 3.34. The van der Waals surface area contributed by atoms with Gasteiger partial charge in [-0.25, -0.2) is 9.37 Å². The first kappa shape index (κ1) is 14.5. The van der Waals surface area contributed by atoms with Crippen LogP contribution in [0, 0.1) is 5.82 Å². The second-order valence-electron chi connectivity index (χ2n) is 4.66. The molecule has 108 valence electrons. The lowest BCUT2D eigenvalue weighted by atomic mass is 10.0. The van der Waals surface area contributed by atoms with E-state index < -0.39 is 0 Å². The third kappa shape index (κ3) is 3.17. The molecule has 0 spiro atoms. The van der Waals surface area contributed by atoms with Gasteiger partial charge in [0, 0.05) is 31.9 Å². The van der Waals surface area contributed by atoms with E-state index in [0.717, 1.165) is 24.4 Å². The molecule has 5 heteroatoms. The van der Waals surface area contributed by atoms with Crippen molar-refractivity contribution in [2.24, 2.45) is 7.05 Å². The lowest BCUT2D eigenvalue weighted by Crippen LogP contribution is -2.24. The van der Waals surface area contributed by atoms with E-state index in [-0.39, 0.29) is 17.6 Å². The maximum absolute atomic E-state index is 13.5. The highest BCUT2D eigenvalue weighted by molar-refractivity contribution is 5.32. The summed E-state index contributed by atoms with van der Waals surface area (Å²) < 4.78 is 20.5. The molecule has 1 N–H and O–H groups in total. The van der Waals surface area contributed by atoms with Gasteiger partial charge in [-0.2, -0.15) is 0 Å². The minimum absolute atomic E-state index is 0.0793. The average molecular weight is 277 g/mol. The SMILES string of the molecule is CCNC(Cc1nccn1C)c1ccc(F)c(OC)c1. The molecule has 20 heavy (non-hydrogen) atoms. The molecule has 0 bridgehead atoms. The van der Waals surface area contributed by atoms with E-state index in [4.69, 9.17) is 4.74 Å². The molecule has 2 rings (SSSR count). The molecule has 0 aliphatic rings. The summed E-state index contributed by atoms with van der Waals surface area (Å²) in [7, 11) is 3.44. The number of halogens is 1. The number of hydrogen-bond donors (Lipinski definition) is 1. The number of aromatic nitrogens is 2. The van der Waals surface area contributed by atoms with Gasteiger partial charge in [0.1, 0.15) is 5.82 Å². The van der Waals surface area contributed by atoms with Crippen molar-refractivity contribution in [3.8, 4) is 5.75 Å². The number of rotatable bonds is 6. The number of nitrogens with zero attached hydrogens (tertiary/aromatic N) is 2. The van der Waals surface area contributed by atoms with Gasteiger partial charge >= 0.3 is 0 Å². The number of likely N-dealkylation sites (N-methyl/N-ethyl adjacent to an activating group) is 1. The molecule has 0 saturated heterocycles. The zero-order valence-corrected chi connectivity index (χ0v) is 12.1. The van der Waals surface area contributed by atoms with Crippen LogP contribution in [-0.4, -0.2) is 23.2 Å². The zero-order chi connectivity index (χ0) is 14.5. The fourth-order valence-corrected chi connectivity index (χ4v) is 2.22. The van der Waals surface area contributed by atoms with Crippen LogP contribution in [0.15, 0.2) is 30.6 Å². The van der Waals surface area contributed by atoms with Crippen LogP contribution in [0.3, 0.4) is 0 Å². The van der Waals surface area contributed by atoms with Crippen LogP contribution in [-0.2, 0) is 13.5 Å². The molecule has 1 atom stereocenters. The van der Waals surface area contributed by atoms with Crippen molar-refractivity contribution in [3.63, 3.8) is 0 Å². The summed E-state index contributed by atoms with van der Waals surface area (Å²) in [6, 6.07) is 5.05. The Labute approximate surface area is 118 Å². The Morgan fingerprint density at radius 2 is 2.25 bits per heavy atom. The van der Waals surface area contributed by atoms with Crippen LogP contribution < -0.4 is 10.1 Å². The number of aryl methyl sites for hydroxylation is 1. The number of nitrogens with one attached hydrogen (secondary N) is 1. The lowest BCUT2D eigenvalue weighted by Gasteiger charge is -2.19. The minimum Gasteiger partial charge on any atom is -0.494 e. The van der Waals surface area contributed by atoms with Crippen LogP contribution in [0.2, 0.25) is 0 Å². The first-order valence-corrected chi connectivity index (χ1v) is 6.68. The van der Waals surface area contributed by atoms with Crippen LogP contribution in [0.25, 0.3) is 0 Å². The Balaban J connectivity index is 2.26. The molecule has 1 aromatic carbocycles. The zero-order valence-electron chi connectivity index (χ0n) is 12.1. The number of imidazole rings is 1. The van der Waals surface area contributed by atoms with E-state index in [0.29, 0.717) is 0 Å². The van der Waals surface area contributed by atoms with Crippen molar-refractivity contribution in [3.05, 3.63) is 47.8 Å². The Bertz CT molecular complexity index is 568. The van der Waals surface area contributed by atoms with Gasteiger partial charge in [0.2, 0.25) is 0 Å². The van der Waals surface area contributed by atoms with E-state index in [1.54, 1.807) is 18.3 Å². The highest BCUT2D eigenvalue weighted by Crippen LogP contribution is 2.24. The standard InChI is InChI=1S/C15H20FN3O/c1-4-17-13(10-15-18-7-8-19(15)2)11-5-6-12(16)14(9-11)20-3/h5-9,13,17H,4,10H2,1-3H3. The van der Waals surface area contributed by atoms with Crippen molar-refractivity contribution in [1.82, 2.24) is 14.9 Å². The number of benzene rings is 1. The summed E-state index contributed by atoms with van der Waals surface area (Å²) in [5.74, 6) is 0.910. The van der Waals surface area contributed by atoms with Crippen LogP contribution in [0.4, 0.5) is 4.39 Å². The van der Waals surface area contributed by atoms with Gasteiger partial charge in [-0.1, -0.05) is 13.0 Å². The summed E-state index contributed by atoms with van der Waals surface area (Å²) in [6.07, 6.45) is 4.44. The summed E-state index contributed by atoms with van der Waals surface area (Å²) in [5, 5.41) is 3.40. The van der Waals surface area contributed by atoms with Crippen molar-refractivity contribution in [2.45, 2.75) is 19.4 Å². The van der Waals surface area contributed by atoms with Crippen LogP contribution in [0.1, 0.15) is 24.4 Å². The fourth-order valence-electron chi connectivity index (χ4n) is 2.22. The summed E-state index contributed by atoms with van der Waals surface area (Å²) in [5.41, 5.74) is 0.994. The molecular weight excluding hydrogens is 257 g/mol. The molecule has 0 aliphatic heterocycles. The average Bonchev–Trinajstić information content (AvgIpc) is 2.84. The predicted molar refractivity (Wildman–Crippen MR) is 76.3 cm³/mol. The molecule has 0 saturated carbocycles. The smallest absolute Gasteiger partial charge is 0.165 e. The lowest BCUT2D eigenvalue weighted by molar-refractivity contribution is 0.384. The van der Waals surface area contributed by atoms with Gasteiger partial charge in [-0.3, -0.25) is 0 Å². The highest BCUT2D eigenvalue weighted by Gasteiger charge is 2.15. The molecule has 0 radical (unpaired) electrons. The van der Waals surface area contributed by atoms with Crippen molar-refractivity contribution < 1.29 is 9.13 Å². The second-order valence-corrected chi connectivity index (χ2v) is 4.66. The summed E-state index contributed by atoms with van der Waals surface area (Å²) in [6.45, 7) is 2.88. The number of hydrogen-bond acceptors (Lipinski definition) is 3. The topological polar surface area (TPSA) is 39.1 Å². The Morgan fingerprint density at radius 3 is 2.85 bits per heavy atom. The summed E-state index contributed by atoms with van der Waals surface area (Å²) >= 11 is 0. The van der Waals surface area contributed by atoms with Gasteiger partial charge in [0.15, 0.2) is 11.6 Å². The first-order chi connectivity index (χ1) is 9.65. The first-order valence-electron chi connectivity index (χ1n) is 6.68. The van der Waals surface area contributed by atoms with Crippen molar-refractivity contribution >= 4 is 0 Å². The Kier molecular flexibility index (Phi) is 4.74. The molecule has 0 fully saturated rings. The van der Waals surface area contributed by atoms with Gasteiger partial charge in [0.25, 0.3) is 0 Å². The van der Waals surface area contributed by atoms with Crippen molar-refractivity contribution in [2.75, 3.05) is 13.7 Å². The normalized spacial score (nSPS) is 12.4. The van der Waals surface area contributed by atoms with Gasteiger partial charge in [-0.05, 0) is 24.2 Å². The monoisotopic (exact) mass is 277 g/mol. The fraction of sp³-hybridized carbons (Fsp3) is 0.400. The van der Waals surface area contributed by atoms with Crippen molar-refractivity contribution in [1.29, 1.82) is 0 Å². The third-order valence-electron chi connectivity index (χ3n) is 3.34. The van der Waals surface area contributed by atoms with Crippen LogP contribution >= 0.6 is 0 Å². The maximum atomic E-state index is 13.5. The van der Waals surface area contributed by atoms with E-state index >= 15 is 0 Å². The molecule has 1 heterocycles. The van der Waals surface area contributed by atoms with E-state index in [2.05, 4.69) is 10.3 Å². The van der Waals surface area contributed by atoms with E-state index in [1.807, 2.05) is 24.7 Å². The van der Waals surface area contributed by atoms with Gasteiger partial charge < -0.3 is 14.6 Å². The van der Waals surface area contributed by atoms with Gasteiger partial charge in [-0.15, -0.1) is 0 Å². The van der Waals surface area contributed by atoms with Crippen LogP contribution in [0.5, 0.6) is 5.75 Å². The largest absolute Gasteiger partial charge is 0.494 e. The summed E-state index contributed by atoms with van der Waals surface area (Å²) in [4.78, 5) is 4.34. The quantitative estimate of drug-likeness (QED) is 0.881. The molecule has 0 aliphatic carbocycles. The number of ether oxygens (including phenoxy) is 1. The molecular formula is C15H20FN3O.